The summed E-state index contributed by atoms with van der Waals surface area (Å²) in [5, 5.41) is 0.252. The maximum absolute atomic E-state index is 12.2. The van der Waals surface area contributed by atoms with Crippen molar-refractivity contribution in [3.63, 3.8) is 0 Å². The van der Waals surface area contributed by atoms with Gasteiger partial charge in [0.1, 0.15) is 0 Å². The van der Waals surface area contributed by atoms with Gasteiger partial charge in [0.25, 0.3) is 11.8 Å². The normalized spacial score (nSPS) is 13.8. The number of fused-ring (bicyclic) bond motifs is 1. The first kappa shape index (κ1) is 11.7. The van der Waals surface area contributed by atoms with Crippen LogP contribution >= 0.6 is 11.6 Å². The van der Waals surface area contributed by atoms with Crippen LogP contribution in [0.4, 0.5) is 11.4 Å². The largest absolute Gasteiger partial charge is 0.399 e. The van der Waals surface area contributed by atoms with Crippen molar-refractivity contribution in [3.8, 4) is 0 Å². The van der Waals surface area contributed by atoms with Gasteiger partial charge in [-0.05, 0) is 24.3 Å². The number of nitrogen functional groups attached to an aromatic ring is 1. The molecule has 2 N–H and O–H groups in total. The Balaban J connectivity index is 2.14. The SMILES string of the molecule is Nc1ccc(N2C(=O)c3ccncc3C2=O)c(Cl)c1. The number of carbonyl (C=O) groups is 2. The van der Waals surface area contributed by atoms with Crippen molar-refractivity contribution in [1.29, 1.82) is 0 Å². The number of imide groups is 1. The number of halogens is 1. The van der Waals surface area contributed by atoms with Gasteiger partial charge in [-0.3, -0.25) is 14.6 Å². The van der Waals surface area contributed by atoms with E-state index in [-0.39, 0.29) is 10.6 Å². The quantitative estimate of drug-likeness (QED) is 0.638. The smallest absolute Gasteiger partial charge is 0.267 e. The molecule has 1 aliphatic rings. The minimum Gasteiger partial charge on any atom is -0.399 e. The summed E-state index contributed by atoms with van der Waals surface area (Å²) in [4.78, 5) is 29.3. The number of benzene rings is 1. The van der Waals surface area contributed by atoms with E-state index in [1.54, 1.807) is 12.1 Å². The van der Waals surface area contributed by atoms with Gasteiger partial charge in [-0.1, -0.05) is 11.6 Å². The zero-order valence-corrected chi connectivity index (χ0v) is 10.4. The molecular weight excluding hydrogens is 266 g/mol. The van der Waals surface area contributed by atoms with Gasteiger partial charge in [0.05, 0.1) is 21.8 Å². The molecule has 1 aliphatic heterocycles. The molecular formula is C13H8ClN3O2. The predicted molar refractivity (Wildman–Crippen MR) is 71.2 cm³/mol. The van der Waals surface area contributed by atoms with Crippen LogP contribution < -0.4 is 10.6 Å². The first-order valence-corrected chi connectivity index (χ1v) is 5.85. The van der Waals surface area contributed by atoms with Crippen molar-refractivity contribution in [2.45, 2.75) is 0 Å². The molecule has 6 heteroatoms. The third-order valence-electron chi connectivity index (χ3n) is 2.90. The molecule has 0 saturated heterocycles. The van der Waals surface area contributed by atoms with Crippen LogP contribution in [0.5, 0.6) is 0 Å². The van der Waals surface area contributed by atoms with Crippen LogP contribution in [0.1, 0.15) is 20.7 Å². The van der Waals surface area contributed by atoms with E-state index in [1.165, 1.54) is 24.5 Å². The van der Waals surface area contributed by atoms with E-state index in [4.69, 9.17) is 17.3 Å². The minimum absolute atomic E-state index is 0.252. The van der Waals surface area contributed by atoms with E-state index in [2.05, 4.69) is 4.98 Å². The van der Waals surface area contributed by atoms with Crippen molar-refractivity contribution < 1.29 is 9.59 Å². The minimum atomic E-state index is -0.431. The Kier molecular flexibility index (Phi) is 2.50. The second-order valence-electron chi connectivity index (χ2n) is 4.08. The highest BCUT2D eigenvalue weighted by Gasteiger charge is 2.37. The number of anilines is 2. The summed E-state index contributed by atoms with van der Waals surface area (Å²) in [6.07, 6.45) is 2.85. The Hall–Kier alpha value is -2.40. The number of nitrogens with two attached hydrogens (primary N) is 1. The van der Waals surface area contributed by atoms with Gasteiger partial charge in [0, 0.05) is 18.1 Å². The Labute approximate surface area is 113 Å². The van der Waals surface area contributed by atoms with Crippen LogP contribution in [0.2, 0.25) is 5.02 Å². The molecule has 0 spiro atoms. The molecule has 1 aromatic heterocycles. The fraction of sp³-hybridized carbons (Fsp3) is 0. The molecule has 3 rings (SSSR count). The molecule has 2 aromatic rings. The molecule has 0 atom stereocenters. The molecule has 5 nitrogen and oxygen atoms in total. The van der Waals surface area contributed by atoms with Gasteiger partial charge in [-0.25, -0.2) is 4.90 Å². The van der Waals surface area contributed by atoms with Crippen LogP contribution in [-0.4, -0.2) is 16.8 Å². The third-order valence-corrected chi connectivity index (χ3v) is 3.20. The van der Waals surface area contributed by atoms with E-state index in [1.807, 2.05) is 0 Å². The molecule has 0 bridgehead atoms. The first-order valence-electron chi connectivity index (χ1n) is 5.47. The topological polar surface area (TPSA) is 76.3 Å². The number of amides is 2. The zero-order valence-electron chi connectivity index (χ0n) is 9.63. The van der Waals surface area contributed by atoms with Crippen LogP contribution in [-0.2, 0) is 0 Å². The van der Waals surface area contributed by atoms with Gasteiger partial charge in [0.15, 0.2) is 0 Å². The number of carbonyl (C=O) groups excluding carboxylic acids is 2. The highest BCUT2D eigenvalue weighted by atomic mass is 35.5. The maximum atomic E-state index is 12.2. The third kappa shape index (κ3) is 1.67. The molecule has 0 unspecified atom stereocenters. The second-order valence-corrected chi connectivity index (χ2v) is 4.49. The summed E-state index contributed by atoms with van der Waals surface area (Å²) >= 11 is 6.04. The highest BCUT2D eigenvalue weighted by Crippen LogP contribution is 2.33. The molecule has 19 heavy (non-hydrogen) atoms. The summed E-state index contributed by atoms with van der Waals surface area (Å²) < 4.78 is 0. The van der Waals surface area contributed by atoms with Gasteiger partial charge in [-0.2, -0.15) is 0 Å². The summed E-state index contributed by atoms with van der Waals surface area (Å²) in [5.41, 5.74) is 6.99. The maximum Gasteiger partial charge on any atom is 0.267 e. The number of hydrogen-bond acceptors (Lipinski definition) is 4. The Morgan fingerprint density at radius 1 is 1.11 bits per heavy atom. The molecule has 0 saturated carbocycles. The highest BCUT2D eigenvalue weighted by molar-refractivity contribution is 6.39. The zero-order chi connectivity index (χ0) is 13.6. The monoisotopic (exact) mass is 273 g/mol. The molecule has 0 fully saturated rings. The summed E-state index contributed by atoms with van der Waals surface area (Å²) in [6, 6.07) is 6.15. The molecule has 0 radical (unpaired) electrons. The van der Waals surface area contributed by atoms with Crippen molar-refractivity contribution in [2.24, 2.45) is 0 Å². The van der Waals surface area contributed by atoms with E-state index in [0.717, 1.165) is 4.90 Å². The second kappa shape index (κ2) is 4.07. The van der Waals surface area contributed by atoms with Crippen LogP contribution in [0.25, 0.3) is 0 Å². The van der Waals surface area contributed by atoms with E-state index in [9.17, 15) is 9.59 Å². The average Bonchev–Trinajstić information content (AvgIpc) is 2.64. The summed E-state index contributed by atoms with van der Waals surface area (Å²) in [6.45, 7) is 0. The Bertz CT molecular complexity index is 680. The van der Waals surface area contributed by atoms with Gasteiger partial charge in [-0.15, -0.1) is 0 Å². The summed E-state index contributed by atoms with van der Waals surface area (Å²) in [7, 11) is 0. The fourth-order valence-corrected chi connectivity index (χ4v) is 2.28. The van der Waals surface area contributed by atoms with E-state index in [0.29, 0.717) is 16.9 Å². The first-order chi connectivity index (χ1) is 9.09. The van der Waals surface area contributed by atoms with Crippen LogP contribution in [0.3, 0.4) is 0 Å². The van der Waals surface area contributed by atoms with Crippen molar-refractivity contribution in [3.05, 3.63) is 52.8 Å². The molecule has 0 aliphatic carbocycles. The lowest BCUT2D eigenvalue weighted by Crippen LogP contribution is -2.29. The van der Waals surface area contributed by atoms with Gasteiger partial charge >= 0.3 is 0 Å². The number of rotatable bonds is 1. The van der Waals surface area contributed by atoms with E-state index >= 15 is 0 Å². The lowest BCUT2D eigenvalue weighted by Gasteiger charge is -2.15. The molecule has 94 valence electrons. The number of hydrogen-bond donors (Lipinski definition) is 1. The van der Waals surface area contributed by atoms with Crippen molar-refractivity contribution in [2.75, 3.05) is 10.6 Å². The summed E-state index contributed by atoms with van der Waals surface area (Å²) in [5.74, 6) is -0.839. The number of nitrogens with zero attached hydrogens (tertiary/aromatic N) is 2. The van der Waals surface area contributed by atoms with Crippen molar-refractivity contribution in [1.82, 2.24) is 4.98 Å². The van der Waals surface area contributed by atoms with Gasteiger partial charge in [0.2, 0.25) is 0 Å². The molecule has 2 heterocycles. The molecule has 2 amide bonds. The number of aromatic nitrogens is 1. The predicted octanol–water partition coefficient (Wildman–Crippen LogP) is 2.12. The Morgan fingerprint density at radius 3 is 2.53 bits per heavy atom. The molecule has 1 aromatic carbocycles. The Morgan fingerprint density at radius 2 is 1.84 bits per heavy atom. The van der Waals surface area contributed by atoms with Gasteiger partial charge < -0.3 is 5.73 Å². The average molecular weight is 274 g/mol. The van der Waals surface area contributed by atoms with Crippen LogP contribution in [0, 0.1) is 0 Å². The standard InChI is InChI=1S/C13H8ClN3O2/c14-10-5-7(15)1-2-11(10)17-12(18)8-3-4-16-6-9(8)13(17)19/h1-6H,15H2. The van der Waals surface area contributed by atoms with E-state index < -0.39 is 11.8 Å². The van der Waals surface area contributed by atoms with Crippen molar-refractivity contribution >= 4 is 34.8 Å². The van der Waals surface area contributed by atoms with Crippen LogP contribution in [0.15, 0.2) is 36.7 Å². The lowest BCUT2D eigenvalue weighted by atomic mass is 10.2. The lowest BCUT2D eigenvalue weighted by molar-refractivity contribution is 0.0926. The number of pyridine rings is 1. The fourth-order valence-electron chi connectivity index (χ4n) is 2.01.